The number of benzene rings is 1. The minimum atomic E-state index is -0.167. The van der Waals surface area contributed by atoms with Crippen LogP contribution < -0.4 is 11.1 Å². The van der Waals surface area contributed by atoms with Crippen molar-refractivity contribution in [1.29, 1.82) is 0 Å². The Morgan fingerprint density at radius 2 is 2.15 bits per heavy atom. The molecule has 2 rings (SSSR count). The van der Waals surface area contributed by atoms with Crippen molar-refractivity contribution in [3.63, 3.8) is 0 Å². The molecular formula is C15H21N3OS. The molecule has 0 saturated heterocycles. The molecule has 20 heavy (non-hydrogen) atoms. The van der Waals surface area contributed by atoms with Crippen molar-refractivity contribution in [3.05, 3.63) is 23.8 Å². The lowest BCUT2D eigenvalue weighted by molar-refractivity contribution is -0.117. The zero-order valence-electron chi connectivity index (χ0n) is 12.4. The number of rotatable bonds is 3. The van der Waals surface area contributed by atoms with Gasteiger partial charge in [0.2, 0.25) is 5.91 Å². The first kappa shape index (κ1) is 14.9. The largest absolute Gasteiger partial charge is 0.327 e. The van der Waals surface area contributed by atoms with Gasteiger partial charge in [-0.25, -0.2) is 4.98 Å². The Balaban J connectivity index is 2.06. The Labute approximate surface area is 123 Å². The van der Waals surface area contributed by atoms with Crippen molar-refractivity contribution >= 4 is 32.6 Å². The second-order valence-electron chi connectivity index (χ2n) is 6.22. The Morgan fingerprint density at radius 1 is 1.45 bits per heavy atom. The molecule has 2 aromatic rings. The molecule has 0 aliphatic rings. The molecule has 1 unspecified atom stereocenters. The van der Waals surface area contributed by atoms with Crippen molar-refractivity contribution in [2.24, 2.45) is 11.1 Å². The van der Waals surface area contributed by atoms with Gasteiger partial charge in [0.05, 0.1) is 10.2 Å². The summed E-state index contributed by atoms with van der Waals surface area (Å²) in [6.45, 7) is 8.14. The van der Waals surface area contributed by atoms with Gasteiger partial charge in [-0.1, -0.05) is 38.2 Å². The van der Waals surface area contributed by atoms with E-state index in [1.165, 1.54) is 16.9 Å². The van der Waals surface area contributed by atoms with Gasteiger partial charge in [-0.2, -0.15) is 0 Å². The maximum Gasteiger partial charge on any atom is 0.227 e. The van der Waals surface area contributed by atoms with E-state index in [9.17, 15) is 4.79 Å². The molecule has 4 nitrogen and oxygen atoms in total. The third-order valence-corrected chi connectivity index (χ3v) is 4.24. The molecule has 1 atom stereocenters. The molecule has 1 aromatic heterocycles. The van der Waals surface area contributed by atoms with Crippen LogP contribution in [0.4, 0.5) is 5.13 Å². The maximum atomic E-state index is 12.0. The van der Waals surface area contributed by atoms with Crippen LogP contribution in [-0.2, 0) is 4.79 Å². The molecule has 0 radical (unpaired) electrons. The minimum absolute atomic E-state index is 0.0804. The molecular weight excluding hydrogens is 270 g/mol. The van der Waals surface area contributed by atoms with Crippen LogP contribution in [0, 0.1) is 12.3 Å². The van der Waals surface area contributed by atoms with Crippen LogP contribution in [-0.4, -0.2) is 16.9 Å². The van der Waals surface area contributed by atoms with Gasteiger partial charge in [0, 0.05) is 12.5 Å². The van der Waals surface area contributed by atoms with Crippen LogP contribution in [0.5, 0.6) is 0 Å². The number of hydrogen-bond donors (Lipinski definition) is 2. The summed E-state index contributed by atoms with van der Waals surface area (Å²) in [5.74, 6) is -0.0804. The van der Waals surface area contributed by atoms with E-state index in [1.54, 1.807) is 0 Å². The van der Waals surface area contributed by atoms with E-state index in [0.717, 1.165) is 10.2 Å². The summed E-state index contributed by atoms with van der Waals surface area (Å²) < 4.78 is 1.08. The Hall–Kier alpha value is -1.46. The number of amides is 1. The number of thiazole rings is 1. The number of anilines is 1. The Kier molecular flexibility index (Phi) is 4.11. The van der Waals surface area contributed by atoms with Gasteiger partial charge in [-0.05, 0) is 30.0 Å². The van der Waals surface area contributed by atoms with Crippen LogP contribution in [0.25, 0.3) is 10.2 Å². The number of nitrogens with one attached hydrogen (secondary N) is 1. The number of fused-ring (bicyclic) bond motifs is 1. The molecule has 0 spiro atoms. The molecule has 1 heterocycles. The number of carbonyl (C=O) groups excluding carboxylic acids is 1. The van der Waals surface area contributed by atoms with Crippen LogP contribution in [0.2, 0.25) is 0 Å². The summed E-state index contributed by atoms with van der Waals surface area (Å²) in [4.78, 5) is 16.4. The highest BCUT2D eigenvalue weighted by atomic mass is 32.1. The summed E-state index contributed by atoms with van der Waals surface area (Å²) in [7, 11) is 0. The number of hydrogen-bond acceptors (Lipinski definition) is 4. The first-order valence-corrected chi connectivity index (χ1v) is 7.50. The fourth-order valence-corrected chi connectivity index (χ4v) is 2.74. The molecule has 108 valence electrons. The topological polar surface area (TPSA) is 68.0 Å². The minimum Gasteiger partial charge on any atom is -0.327 e. The summed E-state index contributed by atoms with van der Waals surface area (Å²) >= 11 is 1.49. The third-order valence-electron chi connectivity index (χ3n) is 3.31. The maximum absolute atomic E-state index is 12.0. The fourth-order valence-electron chi connectivity index (χ4n) is 1.76. The number of aromatic nitrogens is 1. The summed E-state index contributed by atoms with van der Waals surface area (Å²) in [5.41, 5.74) is 8.04. The van der Waals surface area contributed by atoms with Gasteiger partial charge in [0.25, 0.3) is 0 Å². The number of nitrogens with zero attached hydrogens (tertiary/aromatic N) is 1. The predicted octanol–water partition coefficient (Wildman–Crippen LogP) is 3.31. The van der Waals surface area contributed by atoms with Gasteiger partial charge in [0.1, 0.15) is 0 Å². The second-order valence-corrected chi connectivity index (χ2v) is 7.25. The van der Waals surface area contributed by atoms with E-state index in [4.69, 9.17) is 5.73 Å². The van der Waals surface area contributed by atoms with E-state index in [2.05, 4.69) is 16.4 Å². The molecule has 0 bridgehead atoms. The third kappa shape index (κ3) is 3.55. The summed E-state index contributed by atoms with van der Waals surface area (Å²) in [5, 5.41) is 3.48. The molecule has 0 saturated carbocycles. The van der Waals surface area contributed by atoms with E-state index in [1.807, 2.05) is 39.8 Å². The van der Waals surface area contributed by atoms with Crippen molar-refractivity contribution in [3.8, 4) is 0 Å². The first-order chi connectivity index (χ1) is 9.25. The lowest BCUT2D eigenvalue weighted by Crippen LogP contribution is -2.38. The van der Waals surface area contributed by atoms with Gasteiger partial charge in [0.15, 0.2) is 5.13 Å². The van der Waals surface area contributed by atoms with Crippen LogP contribution in [0.1, 0.15) is 32.8 Å². The Bertz CT molecular complexity index is 628. The molecule has 0 aliphatic carbocycles. The van der Waals surface area contributed by atoms with Crippen molar-refractivity contribution in [2.75, 3.05) is 5.32 Å². The van der Waals surface area contributed by atoms with Gasteiger partial charge >= 0.3 is 0 Å². The van der Waals surface area contributed by atoms with E-state index < -0.39 is 0 Å². The standard InChI is InChI=1S/C15H21N3OS/c1-9-5-6-10-11(7-9)20-14(17-10)18-13(19)8-12(16)15(2,3)4/h5-7,12H,8,16H2,1-4H3,(H,17,18,19). The highest BCUT2D eigenvalue weighted by molar-refractivity contribution is 7.22. The fraction of sp³-hybridized carbons (Fsp3) is 0.467. The molecule has 1 amide bonds. The predicted molar refractivity (Wildman–Crippen MR) is 85.0 cm³/mol. The SMILES string of the molecule is Cc1ccc2nc(NC(=O)CC(N)C(C)(C)C)sc2c1. The molecule has 1 aromatic carbocycles. The number of nitrogens with two attached hydrogens (primary N) is 1. The van der Waals surface area contributed by atoms with Gasteiger partial charge in [-0.15, -0.1) is 0 Å². The highest BCUT2D eigenvalue weighted by Gasteiger charge is 2.23. The van der Waals surface area contributed by atoms with E-state index >= 15 is 0 Å². The number of carbonyl (C=O) groups is 1. The lowest BCUT2D eigenvalue weighted by Gasteiger charge is -2.26. The zero-order chi connectivity index (χ0) is 14.9. The quantitative estimate of drug-likeness (QED) is 0.911. The highest BCUT2D eigenvalue weighted by Crippen LogP contribution is 2.27. The molecule has 0 aliphatic heterocycles. The van der Waals surface area contributed by atoms with Crippen molar-refractivity contribution in [2.45, 2.75) is 40.2 Å². The second kappa shape index (κ2) is 5.50. The van der Waals surface area contributed by atoms with Crippen LogP contribution >= 0.6 is 11.3 Å². The van der Waals surface area contributed by atoms with Crippen molar-refractivity contribution < 1.29 is 4.79 Å². The zero-order valence-corrected chi connectivity index (χ0v) is 13.2. The van der Waals surface area contributed by atoms with E-state index in [-0.39, 0.29) is 17.4 Å². The first-order valence-electron chi connectivity index (χ1n) is 6.68. The van der Waals surface area contributed by atoms with Crippen LogP contribution in [0.15, 0.2) is 18.2 Å². The summed E-state index contributed by atoms with van der Waals surface area (Å²) in [6, 6.07) is 5.89. The van der Waals surface area contributed by atoms with Crippen LogP contribution in [0.3, 0.4) is 0 Å². The summed E-state index contributed by atoms with van der Waals surface area (Å²) in [6.07, 6.45) is 0.304. The Morgan fingerprint density at radius 3 is 2.80 bits per heavy atom. The average molecular weight is 291 g/mol. The normalized spacial score (nSPS) is 13.4. The lowest BCUT2D eigenvalue weighted by atomic mass is 9.85. The average Bonchev–Trinajstić information content (AvgIpc) is 2.68. The monoisotopic (exact) mass is 291 g/mol. The molecule has 0 fully saturated rings. The van der Waals surface area contributed by atoms with E-state index in [0.29, 0.717) is 11.6 Å². The smallest absolute Gasteiger partial charge is 0.227 e. The van der Waals surface area contributed by atoms with Gasteiger partial charge < -0.3 is 11.1 Å². The number of aryl methyl sites for hydroxylation is 1. The van der Waals surface area contributed by atoms with Crippen molar-refractivity contribution in [1.82, 2.24) is 4.98 Å². The van der Waals surface area contributed by atoms with Gasteiger partial charge in [-0.3, -0.25) is 4.79 Å². The molecule has 3 N–H and O–H groups in total. The molecule has 5 heteroatoms.